The van der Waals surface area contributed by atoms with E-state index in [9.17, 15) is 15.2 Å². The molecule has 0 bridgehead atoms. The Morgan fingerprint density at radius 3 is 2.37 bits per heavy atom. The summed E-state index contributed by atoms with van der Waals surface area (Å²) in [5.41, 5.74) is 5.63. The number of non-ortho nitro benzene ring substituents is 1. The van der Waals surface area contributed by atoms with Crippen LogP contribution in [0.1, 0.15) is 11.1 Å². The maximum Gasteiger partial charge on any atom is 0.269 e. The number of rotatable bonds is 8. The first kappa shape index (κ1) is 23.8. The van der Waals surface area contributed by atoms with Crippen molar-refractivity contribution in [2.75, 3.05) is 16.1 Å². The van der Waals surface area contributed by atoms with E-state index in [-0.39, 0.29) is 29.3 Å². The summed E-state index contributed by atoms with van der Waals surface area (Å²) in [6.07, 6.45) is 1.46. The Morgan fingerprint density at radius 2 is 1.66 bits per heavy atom. The second kappa shape index (κ2) is 10.7. The van der Waals surface area contributed by atoms with E-state index in [1.165, 1.54) is 18.3 Å². The van der Waals surface area contributed by atoms with Gasteiger partial charge in [0.15, 0.2) is 0 Å². The topological polar surface area (TPSA) is 150 Å². The molecule has 3 aromatic carbocycles. The molecule has 12 heteroatoms. The smallest absolute Gasteiger partial charge is 0.269 e. The van der Waals surface area contributed by atoms with Gasteiger partial charge in [-0.1, -0.05) is 18.2 Å². The molecule has 0 unspecified atom stereocenters. The van der Waals surface area contributed by atoms with Crippen molar-refractivity contribution < 1.29 is 10.0 Å². The highest BCUT2D eigenvalue weighted by molar-refractivity contribution is 14.1. The maximum atomic E-state index is 10.9. The van der Waals surface area contributed by atoms with Crippen molar-refractivity contribution in [3.05, 3.63) is 91.5 Å². The minimum absolute atomic E-state index is 0.0244. The summed E-state index contributed by atoms with van der Waals surface area (Å²) in [5.74, 6) is 0.684. The molecule has 1 heterocycles. The number of aromatic hydroxyl groups is 1. The Hall–Kier alpha value is -4.33. The number of nitro groups is 1. The molecular weight excluding hydrogens is 563 g/mol. The molecular formula is C23H19IN8O3. The molecule has 0 aliphatic rings. The third-order valence-electron chi connectivity index (χ3n) is 4.72. The lowest BCUT2D eigenvalue weighted by molar-refractivity contribution is -0.384. The van der Waals surface area contributed by atoms with Crippen LogP contribution in [0.2, 0.25) is 0 Å². The van der Waals surface area contributed by atoms with E-state index in [1.54, 1.807) is 30.3 Å². The number of nitrogens with one attached hydrogen (secondary N) is 3. The highest BCUT2D eigenvalue weighted by Crippen LogP contribution is 2.22. The summed E-state index contributed by atoms with van der Waals surface area (Å²) in [7, 11) is 0. The van der Waals surface area contributed by atoms with Gasteiger partial charge in [-0.2, -0.15) is 20.1 Å². The third-order valence-corrected chi connectivity index (χ3v) is 5.39. The number of phenols is 1. The minimum atomic E-state index is -0.470. The number of hydrogen-bond donors (Lipinski definition) is 4. The summed E-state index contributed by atoms with van der Waals surface area (Å²) in [6, 6.07) is 18.7. The van der Waals surface area contributed by atoms with Crippen LogP contribution < -0.4 is 16.1 Å². The van der Waals surface area contributed by atoms with E-state index in [0.29, 0.717) is 11.3 Å². The van der Waals surface area contributed by atoms with Gasteiger partial charge in [0.25, 0.3) is 5.69 Å². The molecule has 4 aromatic rings. The van der Waals surface area contributed by atoms with Crippen LogP contribution in [-0.4, -0.2) is 31.2 Å². The predicted octanol–water partition coefficient (Wildman–Crippen LogP) is 5.33. The highest BCUT2D eigenvalue weighted by Gasteiger charge is 2.10. The molecule has 0 aliphatic heterocycles. The molecule has 4 rings (SSSR count). The van der Waals surface area contributed by atoms with Crippen molar-refractivity contribution in [2.45, 2.75) is 6.92 Å². The predicted molar refractivity (Wildman–Crippen MR) is 143 cm³/mol. The molecule has 0 atom stereocenters. The Balaban J connectivity index is 1.61. The van der Waals surface area contributed by atoms with Crippen molar-refractivity contribution in [3.8, 4) is 5.75 Å². The van der Waals surface area contributed by atoms with Gasteiger partial charge in [0.05, 0.1) is 11.1 Å². The standard InChI is InChI=1S/C23H19IN8O3/c1-14-4-2-3-5-19(14)27-22-28-21(26-17-7-9-18(10-8-17)32(34)35)29-23(30-22)31-25-13-15-12-16(24)6-11-20(15)33/h2-13,33H,1H3,(H3,26,27,28,29,30,31)/b25-13-. The SMILES string of the molecule is Cc1ccccc1Nc1nc(N/N=C\c2cc(I)ccc2O)nc(Nc2ccc([N+](=O)[O-])cc2)n1. The van der Waals surface area contributed by atoms with E-state index in [4.69, 9.17) is 0 Å². The van der Waals surface area contributed by atoms with Gasteiger partial charge in [0.1, 0.15) is 5.75 Å². The Labute approximate surface area is 213 Å². The fraction of sp³-hybridized carbons (Fsp3) is 0.0435. The van der Waals surface area contributed by atoms with E-state index in [0.717, 1.165) is 14.8 Å². The number of aryl methyl sites for hydroxylation is 1. The monoisotopic (exact) mass is 582 g/mol. The molecule has 0 aliphatic carbocycles. The average molecular weight is 582 g/mol. The summed E-state index contributed by atoms with van der Waals surface area (Å²) in [6.45, 7) is 1.96. The summed E-state index contributed by atoms with van der Waals surface area (Å²) in [5, 5.41) is 31.2. The zero-order valence-corrected chi connectivity index (χ0v) is 20.5. The van der Waals surface area contributed by atoms with Gasteiger partial charge in [-0.25, -0.2) is 5.43 Å². The van der Waals surface area contributed by atoms with Gasteiger partial charge in [-0.05, 0) is 71.5 Å². The summed E-state index contributed by atoms with van der Waals surface area (Å²) in [4.78, 5) is 23.5. The minimum Gasteiger partial charge on any atom is -0.507 e. The molecule has 176 valence electrons. The largest absolute Gasteiger partial charge is 0.507 e. The van der Waals surface area contributed by atoms with Crippen molar-refractivity contribution in [1.82, 2.24) is 15.0 Å². The van der Waals surface area contributed by atoms with Crippen LogP contribution in [0.3, 0.4) is 0 Å². The zero-order valence-electron chi connectivity index (χ0n) is 18.3. The molecule has 0 radical (unpaired) electrons. The van der Waals surface area contributed by atoms with E-state index >= 15 is 0 Å². The van der Waals surface area contributed by atoms with Crippen molar-refractivity contribution in [2.24, 2.45) is 5.10 Å². The first-order valence-corrected chi connectivity index (χ1v) is 11.3. The van der Waals surface area contributed by atoms with Crippen molar-refractivity contribution >= 4 is 63.7 Å². The third kappa shape index (κ3) is 6.38. The Morgan fingerprint density at radius 1 is 0.971 bits per heavy atom. The summed E-state index contributed by atoms with van der Waals surface area (Å²) >= 11 is 2.14. The molecule has 1 aromatic heterocycles. The lowest BCUT2D eigenvalue weighted by atomic mass is 10.2. The number of nitro benzene ring substituents is 1. The van der Waals surface area contributed by atoms with E-state index < -0.39 is 4.92 Å². The van der Waals surface area contributed by atoms with Gasteiger partial charge >= 0.3 is 0 Å². The van der Waals surface area contributed by atoms with Crippen LogP contribution >= 0.6 is 22.6 Å². The lowest BCUT2D eigenvalue weighted by Gasteiger charge is -2.11. The molecule has 0 spiro atoms. The number of benzene rings is 3. The van der Waals surface area contributed by atoms with Crippen LogP contribution in [0.25, 0.3) is 0 Å². The number of aromatic nitrogens is 3. The van der Waals surface area contributed by atoms with Crippen molar-refractivity contribution in [1.29, 1.82) is 0 Å². The van der Waals surface area contributed by atoms with Crippen LogP contribution in [0.5, 0.6) is 5.75 Å². The van der Waals surface area contributed by atoms with Gasteiger partial charge < -0.3 is 15.7 Å². The number of phenolic OH excluding ortho intramolecular Hbond substituents is 1. The van der Waals surface area contributed by atoms with Crippen LogP contribution in [0.15, 0.2) is 71.8 Å². The zero-order chi connectivity index (χ0) is 24.8. The number of hydrogen-bond acceptors (Lipinski definition) is 10. The number of para-hydroxylation sites is 1. The van der Waals surface area contributed by atoms with Gasteiger partial charge in [0, 0.05) is 32.6 Å². The number of anilines is 5. The van der Waals surface area contributed by atoms with Crippen molar-refractivity contribution in [3.63, 3.8) is 0 Å². The van der Waals surface area contributed by atoms with Crippen LogP contribution in [0.4, 0.5) is 34.9 Å². The van der Waals surface area contributed by atoms with E-state index in [2.05, 4.69) is 58.7 Å². The first-order valence-electron chi connectivity index (χ1n) is 10.3. The molecule has 35 heavy (non-hydrogen) atoms. The lowest BCUT2D eigenvalue weighted by Crippen LogP contribution is -2.07. The molecule has 0 saturated carbocycles. The normalized spacial score (nSPS) is 10.8. The molecule has 4 N–H and O–H groups in total. The molecule has 0 fully saturated rings. The second-order valence-corrected chi connectivity index (χ2v) is 8.49. The highest BCUT2D eigenvalue weighted by atomic mass is 127. The molecule has 0 amide bonds. The van der Waals surface area contributed by atoms with Gasteiger partial charge in [0.2, 0.25) is 17.8 Å². The second-order valence-electron chi connectivity index (χ2n) is 7.25. The molecule has 0 saturated heterocycles. The van der Waals surface area contributed by atoms with Gasteiger partial charge in [-0.15, -0.1) is 0 Å². The average Bonchev–Trinajstić information content (AvgIpc) is 2.83. The fourth-order valence-corrected chi connectivity index (χ4v) is 3.47. The van der Waals surface area contributed by atoms with Gasteiger partial charge in [-0.3, -0.25) is 10.1 Å². The van der Waals surface area contributed by atoms with E-state index in [1.807, 2.05) is 31.2 Å². The number of hydrazone groups is 1. The molecule has 11 nitrogen and oxygen atoms in total. The maximum absolute atomic E-state index is 10.9. The van der Waals surface area contributed by atoms with Crippen LogP contribution in [-0.2, 0) is 0 Å². The number of nitrogens with zero attached hydrogens (tertiary/aromatic N) is 5. The first-order chi connectivity index (χ1) is 16.9. The summed E-state index contributed by atoms with van der Waals surface area (Å²) < 4.78 is 0.946. The van der Waals surface area contributed by atoms with Crippen LogP contribution in [0, 0.1) is 20.6 Å². The fourth-order valence-electron chi connectivity index (χ4n) is 2.96. The Kier molecular flexibility index (Phi) is 7.30. The quantitative estimate of drug-likeness (QED) is 0.0935. The number of halogens is 1. The Bertz CT molecular complexity index is 1400.